The van der Waals surface area contributed by atoms with Gasteiger partial charge in [-0.2, -0.15) is 0 Å². The maximum absolute atomic E-state index is 3.55. The zero-order valence-corrected chi connectivity index (χ0v) is 14.9. The fourth-order valence-corrected chi connectivity index (χ4v) is 2.59. The third kappa shape index (κ3) is 8.11. The molecule has 1 rings (SSSR count). The van der Waals surface area contributed by atoms with E-state index in [1.165, 1.54) is 42.5 Å². The standard InChI is InChI=1S/C19H34N2/c1-16-13-17(2)15-18(14-16)21(6)12-10-8-7-9-11-20-19(3,4)5/h13-15,20H,7-12H2,1-6H3. The summed E-state index contributed by atoms with van der Waals surface area (Å²) in [5.41, 5.74) is 4.31. The van der Waals surface area contributed by atoms with Gasteiger partial charge in [0.25, 0.3) is 0 Å². The van der Waals surface area contributed by atoms with E-state index in [0.717, 1.165) is 13.1 Å². The molecule has 0 saturated carbocycles. The summed E-state index contributed by atoms with van der Waals surface area (Å²) in [6.07, 6.45) is 5.20. The summed E-state index contributed by atoms with van der Waals surface area (Å²) in [7, 11) is 2.20. The minimum absolute atomic E-state index is 0.253. The van der Waals surface area contributed by atoms with Crippen LogP contribution < -0.4 is 10.2 Å². The second kappa shape index (κ2) is 8.43. The molecule has 1 aromatic carbocycles. The molecule has 0 heterocycles. The predicted molar refractivity (Wildman–Crippen MR) is 95.4 cm³/mol. The first-order chi connectivity index (χ1) is 9.78. The quantitative estimate of drug-likeness (QED) is 0.699. The molecule has 0 saturated heterocycles. The first kappa shape index (κ1) is 18.0. The zero-order chi connectivity index (χ0) is 15.9. The number of hydrogen-bond donors (Lipinski definition) is 1. The monoisotopic (exact) mass is 290 g/mol. The number of hydrogen-bond acceptors (Lipinski definition) is 2. The number of benzene rings is 1. The van der Waals surface area contributed by atoms with Gasteiger partial charge in [0, 0.05) is 24.8 Å². The molecule has 0 aliphatic heterocycles. The highest BCUT2D eigenvalue weighted by molar-refractivity contribution is 5.50. The van der Waals surface area contributed by atoms with Gasteiger partial charge in [0.15, 0.2) is 0 Å². The maximum atomic E-state index is 3.55. The number of anilines is 1. The molecule has 0 unspecified atom stereocenters. The average molecular weight is 290 g/mol. The zero-order valence-electron chi connectivity index (χ0n) is 14.9. The van der Waals surface area contributed by atoms with Gasteiger partial charge in [-0.25, -0.2) is 0 Å². The number of aryl methyl sites for hydroxylation is 2. The average Bonchev–Trinajstić information content (AvgIpc) is 2.34. The topological polar surface area (TPSA) is 15.3 Å². The van der Waals surface area contributed by atoms with E-state index in [1.807, 2.05) is 0 Å². The molecule has 0 fully saturated rings. The summed E-state index contributed by atoms with van der Waals surface area (Å²) in [6.45, 7) is 13.3. The van der Waals surface area contributed by atoms with Gasteiger partial charge >= 0.3 is 0 Å². The van der Waals surface area contributed by atoms with E-state index in [4.69, 9.17) is 0 Å². The van der Waals surface area contributed by atoms with Crippen LogP contribution in [0.1, 0.15) is 57.6 Å². The van der Waals surface area contributed by atoms with Gasteiger partial charge in [0.1, 0.15) is 0 Å². The van der Waals surface area contributed by atoms with Crippen LogP contribution in [-0.4, -0.2) is 25.7 Å². The number of unbranched alkanes of at least 4 members (excludes halogenated alkanes) is 3. The molecule has 21 heavy (non-hydrogen) atoms. The van der Waals surface area contributed by atoms with Gasteiger partial charge in [0.2, 0.25) is 0 Å². The summed E-state index contributed by atoms with van der Waals surface area (Å²) < 4.78 is 0. The number of nitrogens with one attached hydrogen (secondary N) is 1. The fourth-order valence-electron chi connectivity index (χ4n) is 2.59. The third-order valence-corrected chi connectivity index (χ3v) is 3.72. The summed E-state index contributed by atoms with van der Waals surface area (Å²) >= 11 is 0. The summed E-state index contributed by atoms with van der Waals surface area (Å²) in [5.74, 6) is 0. The second-order valence-electron chi connectivity index (χ2n) is 7.36. The minimum atomic E-state index is 0.253. The molecule has 0 bridgehead atoms. The van der Waals surface area contributed by atoms with Crippen LogP contribution in [-0.2, 0) is 0 Å². The smallest absolute Gasteiger partial charge is 0.0368 e. The van der Waals surface area contributed by atoms with Crippen molar-refractivity contribution in [1.82, 2.24) is 5.32 Å². The van der Waals surface area contributed by atoms with E-state index in [-0.39, 0.29) is 5.54 Å². The maximum Gasteiger partial charge on any atom is 0.0368 e. The van der Waals surface area contributed by atoms with E-state index >= 15 is 0 Å². The van der Waals surface area contributed by atoms with E-state index in [2.05, 4.69) is 70.1 Å². The molecule has 1 aromatic rings. The van der Waals surface area contributed by atoms with Crippen LogP contribution in [0.25, 0.3) is 0 Å². The summed E-state index contributed by atoms with van der Waals surface area (Å²) in [6, 6.07) is 6.79. The Kier molecular flexibility index (Phi) is 7.24. The molecule has 0 radical (unpaired) electrons. The van der Waals surface area contributed by atoms with Crippen molar-refractivity contribution in [3.05, 3.63) is 29.3 Å². The lowest BCUT2D eigenvalue weighted by molar-refractivity contribution is 0.416. The highest BCUT2D eigenvalue weighted by Gasteiger charge is 2.07. The molecule has 1 N–H and O–H groups in total. The van der Waals surface area contributed by atoms with Crippen LogP contribution >= 0.6 is 0 Å². The Morgan fingerprint density at radius 3 is 2.05 bits per heavy atom. The normalized spacial score (nSPS) is 11.7. The predicted octanol–water partition coefficient (Wildman–Crippen LogP) is 4.69. The van der Waals surface area contributed by atoms with Crippen LogP contribution in [0.4, 0.5) is 5.69 Å². The third-order valence-electron chi connectivity index (χ3n) is 3.72. The van der Waals surface area contributed by atoms with Crippen LogP contribution in [0.5, 0.6) is 0 Å². The highest BCUT2D eigenvalue weighted by Crippen LogP contribution is 2.18. The minimum Gasteiger partial charge on any atom is -0.375 e. The van der Waals surface area contributed by atoms with Crippen LogP contribution in [0, 0.1) is 13.8 Å². The van der Waals surface area contributed by atoms with E-state index in [9.17, 15) is 0 Å². The Bertz CT molecular complexity index is 398. The van der Waals surface area contributed by atoms with Gasteiger partial charge < -0.3 is 10.2 Å². The molecule has 0 aromatic heterocycles. The SMILES string of the molecule is Cc1cc(C)cc(N(C)CCCCCCNC(C)(C)C)c1. The molecular formula is C19H34N2. The van der Waals surface area contributed by atoms with Gasteiger partial charge in [-0.05, 0) is 77.3 Å². The Morgan fingerprint density at radius 1 is 0.905 bits per heavy atom. The van der Waals surface area contributed by atoms with Crippen molar-refractivity contribution < 1.29 is 0 Å². The van der Waals surface area contributed by atoms with Crippen molar-refractivity contribution >= 4 is 5.69 Å². The highest BCUT2D eigenvalue weighted by atomic mass is 15.1. The van der Waals surface area contributed by atoms with Crippen molar-refractivity contribution in [2.24, 2.45) is 0 Å². The molecule has 2 nitrogen and oxygen atoms in total. The number of rotatable bonds is 8. The van der Waals surface area contributed by atoms with Crippen molar-refractivity contribution in [2.45, 2.75) is 65.8 Å². The summed E-state index contributed by atoms with van der Waals surface area (Å²) in [4.78, 5) is 2.38. The lowest BCUT2D eigenvalue weighted by atomic mass is 10.1. The van der Waals surface area contributed by atoms with Crippen LogP contribution in [0.2, 0.25) is 0 Å². The summed E-state index contributed by atoms with van der Waals surface area (Å²) in [5, 5.41) is 3.55. The lowest BCUT2D eigenvalue weighted by Crippen LogP contribution is -2.36. The number of nitrogens with zero attached hydrogens (tertiary/aromatic N) is 1. The lowest BCUT2D eigenvalue weighted by Gasteiger charge is -2.21. The molecule has 2 heteroatoms. The molecule has 0 aliphatic carbocycles. The van der Waals surface area contributed by atoms with Crippen LogP contribution in [0.15, 0.2) is 18.2 Å². The van der Waals surface area contributed by atoms with E-state index in [1.54, 1.807) is 0 Å². The van der Waals surface area contributed by atoms with Gasteiger partial charge in [-0.15, -0.1) is 0 Å². The molecule has 0 spiro atoms. The van der Waals surface area contributed by atoms with E-state index in [0.29, 0.717) is 0 Å². The second-order valence-corrected chi connectivity index (χ2v) is 7.36. The van der Waals surface area contributed by atoms with Gasteiger partial charge in [0.05, 0.1) is 0 Å². The van der Waals surface area contributed by atoms with Gasteiger partial charge in [-0.3, -0.25) is 0 Å². The first-order valence-electron chi connectivity index (χ1n) is 8.32. The molecule has 0 atom stereocenters. The van der Waals surface area contributed by atoms with Crippen molar-refractivity contribution in [3.8, 4) is 0 Å². The molecule has 0 amide bonds. The Balaban J connectivity index is 2.17. The molecule has 0 aliphatic rings. The largest absolute Gasteiger partial charge is 0.375 e. The molecule has 120 valence electrons. The van der Waals surface area contributed by atoms with Gasteiger partial charge in [-0.1, -0.05) is 18.9 Å². The Labute approximate surface area is 131 Å². The fraction of sp³-hybridized carbons (Fsp3) is 0.684. The Morgan fingerprint density at radius 2 is 1.48 bits per heavy atom. The van der Waals surface area contributed by atoms with Crippen molar-refractivity contribution in [1.29, 1.82) is 0 Å². The van der Waals surface area contributed by atoms with Crippen molar-refractivity contribution in [2.75, 3.05) is 25.0 Å². The van der Waals surface area contributed by atoms with Crippen LogP contribution in [0.3, 0.4) is 0 Å². The van der Waals surface area contributed by atoms with Crippen molar-refractivity contribution in [3.63, 3.8) is 0 Å². The molecular weight excluding hydrogens is 256 g/mol. The first-order valence-corrected chi connectivity index (χ1v) is 8.32. The van der Waals surface area contributed by atoms with E-state index < -0.39 is 0 Å². The Hall–Kier alpha value is -1.02.